The molecule has 0 aliphatic rings. The van der Waals surface area contributed by atoms with Crippen LogP contribution in [0.15, 0.2) is 30.3 Å². The van der Waals surface area contributed by atoms with Crippen molar-refractivity contribution in [2.24, 2.45) is 0 Å². The summed E-state index contributed by atoms with van der Waals surface area (Å²) >= 11 is 0. The molecule has 0 radical (unpaired) electrons. The molecule has 0 unspecified atom stereocenters. The molecule has 0 aromatic heterocycles. The Labute approximate surface area is 315 Å². The third-order valence-corrected chi connectivity index (χ3v) is 16.2. The molecule has 1 aromatic carbocycles. The van der Waals surface area contributed by atoms with Crippen LogP contribution in [0, 0.1) is 0 Å². The van der Waals surface area contributed by atoms with Crippen molar-refractivity contribution in [3.05, 3.63) is 35.9 Å². The van der Waals surface area contributed by atoms with Gasteiger partial charge in [-0.05, 0) is 44.1 Å². The quantitative estimate of drug-likeness (QED) is 0.0385. The zero-order valence-electron chi connectivity index (χ0n) is 34.3. The average Bonchev–Trinajstić information content (AvgIpc) is 3.13. The summed E-state index contributed by atoms with van der Waals surface area (Å²) in [4.78, 5) is 13.1. The average molecular weight is 716 g/mol. The molecule has 0 fully saturated rings. The van der Waals surface area contributed by atoms with Gasteiger partial charge in [-0.15, -0.1) is 0 Å². The number of hydrogen-bond acceptors (Lipinski definition) is 2. The van der Waals surface area contributed by atoms with Crippen molar-refractivity contribution in [3.8, 4) is 0 Å². The summed E-state index contributed by atoms with van der Waals surface area (Å²) in [6.07, 6.45) is 49.1. The van der Waals surface area contributed by atoms with Crippen molar-refractivity contribution in [1.82, 2.24) is 0 Å². The number of carbonyl (C=O) groups is 1. The molecule has 50 heavy (non-hydrogen) atoms. The maximum Gasteiger partial charge on any atom is 0.309 e. The molecule has 3 heteroatoms. The molecule has 1 aromatic rings. The molecule has 1 rings (SSSR count). The zero-order chi connectivity index (χ0) is 36.1. The number of ether oxygens (including phenoxy) is 1. The summed E-state index contributed by atoms with van der Waals surface area (Å²) in [5.41, 5.74) is 1.25. The predicted octanol–water partition coefficient (Wildman–Crippen LogP) is 15.9. The van der Waals surface area contributed by atoms with Crippen LogP contribution < -0.4 is 0 Å². The van der Waals surface area contributed by atoms with Gasteiger partial charge in [0.1, 0.15) is 0 Å². The Kier molecular flexibility index (Phi) is 34.4. The molecule has 0 bridgehead atoms. The van der Waals surface area contributed by atoms with Crippen molar-refractivity contribution in [1.29, 1.82) is 0 Å². The largest absolute Gasteiger partial charge is 0.465 e. The summed E-state index contributed by atoms with van der Waals surface area (Å²) in [6.45, 7) is 7.45. The maximum absolute atomic E-state index is 13.1. The Morgan fingerprint density at radius 1 is 0.440 bits per heavy atom. The molecular formula is C47H88O2P+. The van der Waals surface area contributed by atoms with E-state index in [1.54, 1.807) is 0 Å². The molecule has 0 aliphatic heterocycles. The number of benzene rings is 1. The first-order chi connectivity index (χ1) is 24.7. The van der Waals surface area contributed by atoms with E-state index in [2.05, 4.69) is 51.1 Å². The molecule has 2 nitrogen and oxygen atoms in total. The van der Waals surface area contributed by atoms with Gasteiger partial charge in [0.25, 0.3) is 0 Å². The first kappa shape index (κ1) is 47.1. The zero-order valence-corrected chi connectivity index (χ0v) is 35.2. The van der Waals surface area contributed by atoms with Gasteiger partial charge in [0.2, 0.25) is 0 Å². The lowest BCUT2D eigenvalue weighted by Crippen LogP contribution is -2.17. The van der Waals surface area contributed by atoms with Gasteiger partial charge in [-0.3, -0.25) is 4.79 Å². The molecule has 0 spiro atoms. The molecule has 0 saturated heterocycles. The second kappa shape index (κ2) is 36.5. The van der Waals surface area contributed by atoms with E-state index in [1.165, 1.54) is 217 Å². The van der Waals surface area contributed by atoms with E-state index in [-0.39, 0.29) is 5.97 Å². The standard InChI is InChI=1S/C47H88O2P/c1-4-7-10-13-16-19-22-25-28-34-42-50(43-35-29-26-23-20-17-14-11-8-5-2,44-36-30-27-24-21-18-15-12-9-6-3)45-40-47(48)49-41-39-46-37-32-31-33-38-46/h31-33,37-38H,4-30,34-36,39-45H2,1-3H3/q+1. The highest BCUT2D eigenvalue weighted by Gasteiger charge is 2.36. The Morgan fingerprint density at radius 2 is 0.760 bits per heavy atom. The Morgan fingerprint density at radius 3 is 1.10 bits per heavy atom. The molecular weight excluding hydrogens is 627 g/mol. The van der Waals surface area contributed by atoms with E-state index in [1.807, 2.05) is 0 Å². The Balaban J connectivity index is 2.68. The van der Waals surface area contributed by atoms with Gasteiger partial charge in [-0.1, -0.05) is 205 Å². The molecule has 0 atom stereocenters. The minimum atomic E-state index is -1.16. The van der Waals surface area contributed by atoms with E-state index in [4.69, 9.17) is 4.74 Å². The fourth-order valence-electron chi connectivity index (χ4n) is 7.80. The van der Waals surface area contributed by atoms with Crippen LogP contribution in [-0.4, -0.2) is 37.2 Å². The van der Waals surface area contributed by atoms with E-state index in [0.717, 1.165) is 12.6 Å². The van der Waals surface area contributed by atoms with E-state index in [9.17, 15) is 4.79 Å². The summed E-state index contributed by atoms with van der Waals surface area (Å²) in [6, 6.07) is 10.5. The fourth-order valence-corrected chi connectivity index (χ4v) is 12.5. The van der Waals surface area contributed by atoms with E-state index in [0.29, 0.717) is 13.0 Å². The summed E-state index contributed by atoms with van der Waals surface area (Å²) in [7, 11) is -1.16. The third kappa shape index (κ3) is 29.7. The smallest absolute Gasteiger partial charge is 0.309 e. The van der Waals surface area contributed by atoms with Crippen LogP contribution in [0.25, 0.3) is 0 Å². The molecule has 0 heterocycles. The van der Waals surface area contributed by atoms with Crippen LogP contribution in [0.3, 0.4) is 0 Å². The summed E-state index contributed by atoms with van der Waals surface area (Å²) in [5, 5.41) is 0. The lowest BCUT2D eigenvalue weighted by molar-refractivity contribution is -0.143. The van der Waals surface area contributed by atoms with E-state index >= 15 is 0 Å². The number of esters is 1. The van der Waals surface area contributed by atoms with Crippen LogP contribution in [0.4, 0.5) is 0 Å². The highest BCUT2D eigenvalue weighted by Crippen LogP contribution is 2.61. The minimum Gasteiger partial charge on any atom is -0.465 e. The molecule has 0 aliphatic carbocycles. The van der Waals surface area contributed by atoms with Crippen LogP contribution in [0.1, 0.15) is 225 Å². The van der Waals surface area contributed by atoms with Gasteiger partial charge in [0, 0.05) is 13.7 Å². The number of rotatable bonds is 39. The van der Waals surface area contributed by atoms with Gasteiger partial charge in [0.05, 0.1) is 37.7 Å². The van der Waals surface area contributed by atoms with Gasteiger partial charge in [0.15, 0.2) is 0 Å². The van der Waals surface area contributed by atoms with Crippen molar-refractivity contribution >= 4 is 13.2 Å². The van der Waals surface area contributed by atoms with Crippen LogP contribution in [-0.2, 0) is 16.0 Å². The van der Waals surface area contributed by atoms with E-state index < -0.39 is 7.26 Å². The Bertz CT molecular complexity index is 764. The number of carbonyl (C=O) groups excluding carboxylic acids is 1. The first-order valence-electron chi connectivity index (χ1n) is 22.7. The van der Waals surface area contributed by atoms with Crippen molar-refractivity contribution in [2.45, 2.75) is 226 Å². The number of unbranched alkanes of at least 4 members (excludes halogenated alkanes) is 27. The molecule has 0 saturated carbocycles. The second-order valence-corrected chi connectivity index (χ2v) is 20.5. The molecule has 0 amide bonds. The predicted molar refractivity (Wildman–Crippen MR) is 228 cm³/mol. The Hall–Kier alpha value is -0.880. The summed E-state index contributed by atoms with van der Waals surface area (Å²) < 4.78 is 5.84. The van der Waals surface area contributed by atoms with Crippen molar-refractivity contribution in [3.63, 3.8) is 0 Å². The monoisotopic (exact) mass is 716 g/mol. The van der Waals surface area contributed by atoms with Crippen LogP contribution >= 0.6 is 7.26 Å². The first-order valence-corrected chi connectivity index (χ1v) is 25.2. The fraction of sp³-hybridized carbons (Fsp3) is 0.851. The SMILES string of the molecule is CCCCCCCCCCCC[P+](CCCCCCCCCCCC)(CCCCCCCCCCCC)CCC(=O)OCCc1ccccc1. The molecule has 292 valence electrons. The van der Waals surface area contributed by atoms with Gasteiger partial charge >= 0.3 is 5.97 Å². The van der Waals surface area contributed by atoms with Gasteiger partial charge in [-0.2, -0.15) is 0 Å². The lowest BCUT2D eigenvalue weighted by atomic mass is 10.1. The van der Waals surface area contributed by atoms with Gasteiger partial charge in [-0.25, -0.2) is 0 Å². The summed E-state index contributed by atoms with van der Waals surface area (Å²) in [5.74, 6) is 0.0551. The van der Waals surface area contributed by atoms with Crippen LogP contribution in [0.2, 0.25) is 0 Å². The second-order valence-electron chi connectivity index (χ2n) is 16.0. The lowest BCUT2D eigenvalue weighted by Gasteiger charge is -2.28. The van der Waals surface area contributed by atoms with Crippen molar-refractivity contribution in [2.75, 3.05) is 31.3 Å². The minimum absolute atomic E-state index is 0.0551. The third-order valence-electron chi connectivity index (χ3n) is 11.2. The highest BCUT2D eigenvalue weighted by atomic mass is 31.2. The maximum atomic E-state index is 13.1. The molecule has 0 N–H and O–H groups in total. The van der Waals surface area contributed by atoms with Crippen molar-refractivity contribution < 1.29 is 9.53 Å². The van der Waals surface area contributed by atoms with Gasteiger partial charge < -0.3 is 4.74 Å². The van der Waals surface area contributed by atoms with Crippen LogP contribution in [0.5, 0.6) is 0 Å². The normalized spacial score (nSPS) is 11.7. The topological polar surface area (TPSA) is 26.3 Å². The highest BCUT2D eigenvalue weighted by molar-refractivity contribution is 7.75. The number of hydrogen-bond donors (Lipinski definition) is 0.